The van der Waals surface area contributed by atoms with E-state index in [4.69, 9.17) is 0 Å². The second-order valence-electron chi connectivity index (χ2n) is 5.26. The van der Waals surface area contributed by atoms with Gasteiger partial charge in [-0.2, -0.15) is 8.42 Å². The molecule has 120 valence electrons. The van der Waals surface area contributed by atoms with Crippen molar-refractivity contribution < 1.29 is 22.2 Å². The first-order valence-electron chi connectivity index (χ1n) is 6.91. The first kappa shape index (κ1) is 16.6. The zero-order valence-corrected chi connectivity index (χ0v) is 13.3. The molecule has 1 unspecified atom stereocenters. The fourth-order valence-corrected chi connectivity index (χ4v) is 2.81. The van der Waals surface area contributed by atoms with Gasteiger partial charge in [0, 0.05) is 24.2 Å². The van der Waals surface area contributed by atoms with E-state index in [0.29, 0.717) is 30.7 Å². The van der Waals surface area contributed by atoms with Gasteiger partial charge in [0.15, 0.2) is 0 Å². The molecule has 0 aromatic carbocycles. The molecule has 1 saturated heterocycles. The molecular weight excluding hydrogens is 308 g/mol. The molecule has 8 heteroatoms. The molecule has 1 aromatic rings. The lowest BCUT2D eigenvalue weighted by Gasteiger charge is -2.22. The number of nitrogens with one attached hydrogen (secondary N) is 1. The van der Waals surface area contributed by atoms with Crippen molar-refractivity contribution >= 4 is 21.9 Å². The standard InChI is InChI=1S/C14H18N2O5S/c1-9-11(12-5-6-13(17)16-14(12)18)4-3-10(15-9)7-8-21-22(2,19)20/h3-4,12H,5-8H2,1-2H3,(H,16,17,18). The Labute approximate surface area is 129 Å². The predicted octanol–water partition coefficient (Wildman–Crippen LogP) is 0.429. The van der Waals surface area contributed by atoms with Crippen LogP contribution in [-0.4, -0.2) is 38.1 Å². The van der Waals surface area contributed by atoms with Crippen molar-refractivity contribution in [1.29, 1.82) is 0 Å². The minimum absolute atomic E-state index is 0.0308. The number of hydrogen-bond acceptors (Lipinski definition) is 6. The highest BCUT2D eigenvalue weighted by Crippen LogP contribution is 2.26. The maximum atomic E-state index is 11.9. The van der Waals surface area contributed by atoms with Gasteiger partial charge in [0.25, 0.3) is 10.1 Å². The maximum Gasteiger partial charge on any atom is 0.264 e. The quantitative estimate of drug-likeness (QED) is 0.622. The van der Waals surface area contributed by atoms with Crippen molar-refractivity contribution in [3.05, 3.63) is 29.1 Å². The summed E-state index contributed by atoms with van der Waals surface area (Å²) < 4.78 is 26.5. The molecule has 1 fully saturated rings. The Hall–Kier alpha value is -1.80. The van der Waals surface area contributed by atoms with Gasteiger partial charge >= 0.3 is 0 Å². The van der Waals surface area contributed by atoms with Crippen LogP contribution < -0.4 is 5.32 Å². The number of carbonyl (C=O) groups excluding carboxylic acids is 2. The number of aromatic nitrogens is 1. The van der Waals surface area contributed by atoms with Gasteiger partial charge in [-0.25, -0.2) is 0 Å². The summed E-state index contributed by atoms with van der Waals surface area (Å²) in [6.07, 6.45) is 2.16. The highest BCUT2D eigenvalue weighted by molar-refractivity contribution is 7.85. The summed E-state index contributed by atoms with van der Waals surface area (Å²) in [5, 5.41) is 2.33. The largest absolute Gasteiger partial charge is 0.296 e. The van der Waals surface area contributed by atoms with Crippen LogP contribution in [0.5, 0.6) is 0 Å². The molecule has 1 aromatic heterocycles. The van der Waals surface area contributed by atoms with Gasteiger partial charge in [-0.15, -0.1) is 0 Å². The normalized spacial score (nSPS) is 19.1. The van der Waals surface area contributed by atoms with Crippen LogP contribution in [0.15, 0.2) is 12.1 Å². The zero-order valence-electron chi connectivity index (χ0n) is 12.5. The SMILES string of the molecule is Cc1nc(CCOS(C)(=O)=O)ccc1C1CCC(=O)NC1=O. The molecule has 1 N–H and O–H groups in total. The topological polar surface area (TPSA) is 102 Å². The minimum Gasteiger partial charge on any atom is -0.296 e. The van der Waals surface area contributed by atoms with E-state index >= 15 is 0 Å². The Morgan fingerprint density at radius 2 is 2.09 bits per heavy atom. The molecule has 0 spiro atoms. The molecule has 1 atom stereocenters. The van der Waals surface area contributed by atoms with Crippen LogP contribution in [0.1, 0.15) is 35.7 Å². The van der Waals surface area contributed by atoms with Gasteiger partial charge in [-0.3, -0.25) is 24.1 Å². The number of piperidine rings is 1. The lowest BCUT2D eigenvalue weighted by molar-refractivity contribution is -0.134. The van der Waals surface area contributed by atoms with Crippen LogP contribution in [0.4, 0.5) is 0 Å². The molecule has 22 heavy (non-hydrogen) atoms. The van der Waals surface area contributed by atoms with Crippen LogP contribution >= 0.6 is 0 Å². The van der Waals surface area contributed by atoms with Crippen molar-refractivity contribution in [2.75, 3.05) is 12.9 Å². The van der Waals surface area contributed by atoms with E-state index in [1.54, 1.807) is 19.1 Å². The van der Waals surface area contributed by atoms with E-state index in [0.717, 1.165) is 11.8 Å². The Morgan fingerprint density at radius 1 is 1.36 bits per heavy atom. The summed E-state index contributed by atoms with van der Waals surface area (Å²) in [5.74, 6) is -0.915. The van der Waals surface area contributed by atoms with Gasteiger partial charge in [0.1, 0.15) is 0 Å². The van der Waals surface area contributed by atoms with Crippen molar-refractivity contribution in [1.82, 2.24) is 10.3 Å². The number of aryl methyl sites for hydroxylation is 1. The first-order chi connectivity index (χ1) is 10.3. The average molecular weight is 326 g/mol. The highest BCUT2D eigenvalue weighted by Gasteiger charge is 2.29. The number of nitrogens with zero attached hydrogens (tertiary/aromatic N) is 1. The van der Waals surface area contributed by atoms with E-state index in [9.17, 15) is 18.0 Å². The maximum absolute atomic E-state index is 11.9. The van der Waals surface area contributed by atoms with Crippen molar-refractivity contribution in [3.8, 4) is 0 Å². The predicted molar refractivity (Wildman–Crippen MR) is 78.6 cm³/mol. The summed E-state index contributed by atoms with van der Waals surface area (Å²) in [5.41, 5.74) is 2.18. The Balaban J connectivity index is 2.06. The molecule has 2 rings (SSSR count). The lowest BCUT2D eigenvalue weighted by atomic mass is 9.89. The van der Waals surface area contributed by atoms with E-state index in [1.807, 2.05) is 0 Å². The average Bonchev–Trinajstić information content (AvgIpc) is 2.38. The fraction of sp³-hybridized carbons (Fsp3) is 0.500. The summed E-state index contributed by atoms with van der Waals surface area (Å²) in [6, 6.07) is 3.55. The molecule has 0 bridgehead atoms. The third-order valence-corrected chi connectivity index (χ3v) is 4.05. The third kappa shape index (κ3) is 4.35. The van der Waals surface area contributed by atoms with Crippen molar-refractivity contribution in [2.24, 2.45) is 0 Å². The van der Waals surface area contributed by atoms with Crippen LogP contribution in [0.25, 0.3) is 0 Å². The molecule has 2 amide bonds. The third-order valence-electron chi connectivity index (χ3n) is 3.45. The number of imide groups is 1. The van der Waals surface area contributed by atoms with Crippen LogP contribution in [0.3, 0.4) is 0 Å². The smallest absolute Gasteiger partial charge is 0.264 e. The van der Waals surface area contributed by atoms with Crippen LogP contribution in [0.2, 0.25) is 0 Å². The van der Waals surface area contributed by atoms with E-state index < -0.39 is 10.1 Å². The van der Waals surface area contributed by atoms with Crippen molar-refractivity contribution in [2.45, 2.75) is 32.1 Å². The molecule has 1 aliphatic heterocycles. The summed E-state index contributed by atoms with van der Waals surface area (Å²) >= 11 is 0. The second kappa shape index (κ2) is 6.53. The summed E-state index contributed by atoms with van der Waals surface area (Å²) in [7, 11) is -3.45. The van der Waals surface area contributed by atoms with Crippen LogP contribution in [0, 0.1) is 6.92 Å². The number of pyridine rings is 1. The van der Waals surface area contributed by atoms with Gasteiger partial charge in [-0.1, -0.05) is 6.07 Å². The van der Waals surface area contributed by atoms with Crippen LogP contribution in [-0.2, 0) is 30.3 Å². The lowest BCUT2D eigenvalue weighted by Crippen LogP contribution is -2.39. The monoisotopic (exact) mass is 326 g/mol. The number of amides is 2. The summed E-state index contributed by atoms with van der Waals surface area (Å²) in [4.78, 5) is 27.4. The van der Waals surface area contributed by atoms with E-state index in [1.165, 1.54) is 0 Å². The number of rotatable bonds is 5. The molecule has 0 aliphatic carbocycles. The molecule has 1 aliphatic rings. The van der Waals surface area contributed by atoms with Gasteiger partial charge in [-0.05, 0) is 25.0 Å². The second-order valence-corrected chi connectivity index (χ2v) is 6.90. The van der Waals surface area contributed by atoms with E-state index in [-0.39, 0.29) is 24.3 Å². The molecule has 0 saturated carbocycles. The van der Waals surface area contributed by atoms with Gasteiger partial charge < -0.3 is 0 Å². The zero-order chi connectivity index (χ0) is 16.3. The molecular formula is C14H18N2O5S. The summed E-state index contributed by atoms with van der Waals surface area (Å²) in [6.45, 7) is 1.82. The Bertz CT molecular complexity index is 699. The Kier molecular flexibility index (Phi) is 4.92. The van der Waals surface area contributed by atoms with Gasteiger partial charge in [0.2, 0.25) is 11.8 Å². The van der Waals surface area contributed by atoms with Gasteiger partial charge in [0.05, 0.1) is 18.8 Å². The minimum atomic E-state index is -3.45. The Morgan fingerprint density at radius 3 is 2.68 bits per heavy atom. The molecule has 7 nitrogen and oxygen atoms in total. The van der Waals surface area contributed by atoms with Crippen molar-refractivity contribution in [3.63, 3.8) is 0 Å². The number of carbonyl (C=O) groups is 2. The first-order valence-corrected chi connectivity index (χ1v) is 8.72. The number of hydrogen-bond donors (Lipinski definition) is 1. The molecule has 2 heterocycles. The molecule has 0 radical (unpaired) electrons. The highest BCUT2D eigenvalue weighted by atomic mass is 32.2. The van der Waals surface area contributed by atoms with E-state index in [2.05, 4.69) is 14.5 Å². The fourth-order valence-electron chi connectivity index (χ4n) is 2.42.